The molecule has 100 valence electrons. The predicted molar refractivity (Wildman–Crippen MR) is 80.5 cm³/mol. The smallest absolute Gasteiger partial charge is 0.136 e. The Labute approximate surface area is 117 Å². The van der Waals surface area contributed by atoms with Crippen LogP contribution in [-0.2, 0) is 11.2 Å². The van der Waals surface area contributed by atoms with E-state index in [1.165, 1.54) is 0 Å². The monoisotopic (exact) mass is 264 g/mol. The van der Waals surface area contributed by atoms with E-state index in [2.05, 4.69) is 22.3 Å². The molecule has 3 rings (SSSR count). The Morgan fingerprint density at radius 3 is 2.85 bits per heavy atom. The van der Waals surface area contributed by atoms with Crippen LogP contribution < -0.4 is 0 Å². The molecule has 0 spiro atoms. The van der Waals surface area contributed by atoms with E-state index in [0.29, 0.717) is 12.8 Å². The highest BCUT2D eigenvalue weighted by Crippen LogP contribution is 2.26. The number of nitrogens with one attached hydrogen (secondary N) is 1. The normalized spacial score (nSPS) is 10.8. The van der Waals surface area contributed by atoms with Crippen molar-refractivity contribution >= 4 is 16.7 Å². The second-order valence-corrected chi connectivity index (χ2v) is 4.89. The molecule has 3 nitrogen and oxygen atoms in total. The van der Waals surface area contributed by atoms with Crippen molar-refractivity contribution < 1.29 is 4.79 Å². The molecular formula is C17H16N2O. The molecule has 0 aliphatic carbocycles. The Kier molecular flexibility index (Phi) is 3.33. The molecule has 3 aromatic rings. The predicted octanol–water partition coefficient (Wildman–Crippen LogP) is 3.75. The molecule has 20 heavy (non-hydrogen) atoms. The lowest BCUT2D eigenvalue weighted by Gasteiger charge is -2.03. The molecule has 0 unspecified atom stereocenters. The first-order valence-corrected chi connectivity index (χ1v) is 6.82. The number of aromatic amines is 1. The summed E-state index contributed by atoms with van der Waals surface area (Å²) in [5, 5.41) is 8.54. The minimum atomic E-state index is 0.258. The summed E-state index contributed by atoms with van der Waals surface area (Å²) in [4.78, 5) is 11.6. The lowest BCUT2D eigenvalue weighted by Crippen LogP contribution is -2.00. The summed E-state index contributed by atoms with van der Waals surface area (Å²) in [7, 11) is 0. The van der Waals surface area contributed by atoms with Crippen molar-refractivity contribution in [2.75, 3.05) is 0 Å². The van der Waals surface area contributed by atoms with Crippen LogP contribution in [0.25, 0.3) is 22.2 Å². The van der Waals surface area contributed by atoms with Gasteiger partial charge < -0.3 is 0 Å². The summed E-state index contributed by atoms with van der Waals surface area (Å²) in [5.41, 5.74) is 4.05. The summed E-state index contributed by atoms with van der Waals surface area (Å²) in [6.07, 6.45) is 1.07. The third-order valence-electron chi connectivity index (χ3n) is 3.47. The van der Waals surface area contributed by atoms with Crippen LogP contribution in [0.5, 0.6) is 0 Å². The van der Waals surface area contributed by atoms with Crippen LogP contribution in [0, 0.1) is 0 Å². The molecule has 0 amide bonds. The molecule has 0 atom stereocenters. The molecule has 0 bridgehead atoms. The number of carbonyl (C=O) groups excluding carboxylic acids is 1. The minimum Gasteiger partial charge on any atom is -0.299 e. The number of Topliss-reactive ketones (excluding diaryl/α,β-unsaturated/α-hetero) is 1. The average molecular weight is 264 g/mol. The van der Waals surface area contributed by atoms with E-state index in [1.54, 1.807) is 0 Å². The summed E-state index contributed by atoms with van der Waals surface area (Å²) < 4.78 is 0. The van der Waals surface area contributed by atoms with Gasteiger partial charge in [0, 0.05) is 23.8 Å². The standard InChI is InChI=1S/C17H16N2O/c1-2-14(20)11-12-6-5-7-13(10-12)17-15-8-3-4-9-16(15)18-19-17/h3-10H,2,11H2,1H3,(H,18,19). The zero-order valence-corrected chi connectivity index (χ0v) is 11.4. The van der Waals surface area contributed by atoms with Gasteiger partial charge in [-0.25, -0.2) is 0 Å². The molecular weight excluding hydrogens is 248 g/mol. The van der Waals surface area contributed by atoms with Crippen LogP contribution in [0.15, 0.2) is 48.5 Å². The van der Waals surface area contributed by atoms with Gasteiger partial charge >= 0.3 is 0 Å². The van der Waals surface area contributed by atoms with E-state index in [4.69, 9.17) is 0 Å². The zero-order valence-electron chi connectivity index (χ0n) is 11.4. The SMILES string of the molecule is CCC(=O)Cc1cccc(-c2n[nH]c3ccccc23)c1. The number of fused-ring (bicyclic) bond motifs is 1. The van der Waals surface area contributed by atoms with Gasteiger partial charge in [-0.2, -0.15) is 5.10 Å². The van der Waals surface area contributed by atoms with Gasteiger partial charge in [-0.1, -0.05) is 43.3 Å². The van der Waals surface area contributed by atoms with E-state index in [-0.39, 0.29) is 5.78 Å². The third-order valence-corrected chi connectivity index (χ3v) is 3.47. The molecule has 0 aliphatic rings. The zero-order chi connectivity index (χ0) is 13.9. The van der Waals surface area contributed by atoms with Crippen LogP contribution in [0.4, 0.5) is 0 Å². The van der Waals surface area contributed by atoms with Crippen molar-refractivity contribution in [2.24, 2.45) is 0 Å². The highest BCUT2D eigenvalue weighted by atomic mass is 16.1. The maximum Gasteiger partial charge on any atom is 0.136 e. The largest absolute Gasteiger partial charge is 0.299 e. The van der Waals surface area contributed by atoms with Crippen molar-refractivity contribution in [1.29, 1.82) is 0 Å². The Morgan fingerprint density at radius 2 is 2.00 bits per heavy atom. The quantitative estimate of drug-likeness (QED) is 0.780. The summed E-state index contributed by atoms with van der Waals surface area (Å²) in [6.45, 7) is 1.90. The van der Waals surface area contributed by atoms with Crippen LogP contribution in [-0.4, -0.2) is 16.0 Å². The fourth-order valence-corrected chi connectivity index (χ4v) is 2.36. The van der Waals surface area contributed by atoms with Gasteiger partial charge in [-0.15, -0.1) is 0 Å². The van der Waals surface area contributed by atoms with Crippen molar-refractivity contribution in [2.45, 2.75) is 19.8 Å². The molecule has 0 saturated heterocycles. The number of rotatable bonds is 4. The Bertz CT molecular complexity index is 758. The topological polar surface area (TPSA) is 45.8 Å². The van der Waals surface area contributed by atoms with Crippen LogP contribution in [0.3, 0.4) is 0 Å². The van der Waals surface area contributed by atoms with Crippen LogP contribution >= 0.6 is 0 Å². The lowest BCUT2D eigenvalue weighted by atomic mass is 10.0. The first kappa shape index (κ1) is 12.6. The van der Waals surface area contributed by atoms with E-state index in [0.717, 1.165) is 27.7 Å². The summed E-state index contributed by atoms with van der Waals surface area (Å²) in [5.74, 6) is 0.258. The molecule has 3 heteroatoms. The first-order valence-electron chi connectivity index (χ1n) is 6.82. The van der Waals surface area contributed by atoms with E-state index in [9.17, 15) is 4.79 Å². The third kappa shape index (κ3) is 2.35. The second-order valence-electron chi connectivity index (χ2n) is 4.89. The van der Waals surface area contributed by atoms with Crippen LogP contribution in [0.2, 0.25) is 0 Å². The Morgan fingerprint density at radius 1 is 1.15 bits per heavy atom. The number of aromatic nitrogens is 2. The molecule has 0 aliphatic heterocycles. The van der Waals surface area contributed by atoms with E-state index in [1.807, 2.05) is 43.3 Å². The van der Waals surface area contributed by atoms with Gasteiger partial charge in [0.15, 0.2) is 0 Å². The number of carbonyl (C=O) groups is 1. The van der Waals surface area contributed by atoms with Crippen LogP contribution in [0.1, 0.15) is 18.9 Å². The van der Waals surface area contributed by atoms with Gasteiger partial charge in [-0.05, 0) is 17.7 Å². The Hall–Kier alpha value is -2.42. The minimum absolute atomic E-state index is 0.258. The van der Waals surface area contributed by atoms with Crippen molar-refractivity contribution in [3.05, 3.63) is 54.1 Å². The number of hydrogen-bond acceptors (Lipinski definition) is 2. The number of para-hydroxylation sites is 1. The van der Waals surface area contributed by atoms with Crippen molar-refractivity contribution in [3.8, 4) is 11.3 Å². The average Bonchev–Trinajstić information content (AvgIpc) is 2.91. The lowest BCUT2D eigenvalue weighted by molar-refractivity contribution is -0.118. The van der Waals surface area contributed by atoms with Gasteiger partial charge in [0.05, 0.1) is 11.2 Å². The number of hydrogen-bond donors (Lipinski definition) is 1. The maximum atomic E-state index is 11.6. The van der Waals surface area contributed by atoms with Gasteiger partial charge in [0.1, 0.15) is 5.78 Å². The highest BCUT2D eigenvalue weighted by molar-refractivity contribution is 5.93. The Balaban J connectivity index is 2.02. The highest BCUT2D eigenvalue weighted by Gasteiger charge is 2.09. The molecule has 2 aromatic carbocycles. The molecule has 1 N–H and O–H groups in total. The van der Waals surface area contributed by atoms with E-state index >= 15 is 0 Å². The van der Waals surface area contributed by atoms with Gasteiger partial charge in [0.2, 0.25) is 0 Å². The number of H-pyrrole nitrogens is 1. The maximum absolute atomic E-state index is 11.6. The summed E-state index contributed by atoms with van der Waals surface area (Å²) in [6, 6.07) is 16.1. The number of benzene rings is 2. The molecule has 0 saturated carbocycles. The molecule has 0 radical (unpaired) electrons. The van der Waals surface area contributed by atoms with Gasteiger partial charge in [0.25, 0.3) is 0 Å². The number of ketones is 1. The summed E-state index contributed by atoms with van der Waals surface area (Å²) >= 11 is 0. The fourth-order valence-electron chi connectivity index (χ4n) is 2.36. The molecule has 1 aromatic heterocycles. The van der Waals surface area contributed by atoms with E-state index < -0.39 is 0 Å². The molecule has 1 heterocycles. The van der Waals surface area contributed by atoms with Gasteiger partial charge in [-0.3, -0.25) is 9.89 Å². The molecule has 0 fully saturated rings. The first-order chi connectivity index (χ1) is 9.78. The van der Waals surface area contributed by atoms with Crippen molar-refractivity contribution in [1.82, 2.24) is 10.2 Å². The second kappa shape index (κ2) is 5.29. The fraction of sp³-hybridized carbons (Fsp3) is 0.176. The van der Waals surface area contributed by atoms with Crippen molar-refractivity contribution in [3.63, 3.8) is 0 Å². The number of nitrogens with zero attached hydrogens (tertiary/aromatic N) is 1.